The van der Waals surface area contributed by atoms with E-state index in [2.05, 4.69) is 37.7 Å². The number of hydrogen-bond donors (Lipinski definition) is 1. The molecule has 3 heteroatoms. The van der Waals surface area contributed by atoms with Gasteiger partial charge in [0.05, 0.1) is 0 Å². The van der Waals surface area contributed by atoms with Gasteiger partial charge in [-0.3, -0.25) is 0 Å². The van der Waals surface area contributed by atoms with E-state index in [1.54, 1.807) is 12.1 Å². The number of rotatable bonds is 3. The normalized spacial score (nSPS) is 11.5. The van der Waals surface area contributed by atoms with E-state index >= 15 is 0 Å². The second-order valence-corrected chi connectivity index (χ2v) is 5.23. The molecule has 0 bridgehead atoms. The highest BCUT2D eigenvalue weighted by molar-refractivity contribution is 5.61. The first-order valence-corrected chi connectivity index (χ1v) is 6.33. The Morgan fingerprint density at radius 1 is 1.11 bits per heavy atom. The highest BCUT2D eigenvalue weighted by Crippen LogP contribution is 2.28. The predicted molar refractivity (Wildman–Crippen MR) is 72.2 cm³/mol. The van der Waals surface area contributed by atoms with Crippen LogP contribution in [0.2, 0.25) is 0 Å². The Hall–Kier alpha value is -1.64. The van der Waals surface area contributed by atoms with Crippen LogP contribution in [0.3, 0.4) is 0 Å². The molecule has 18 heavy (non-hydrogen) atoms. The molecule has 0 unspecified atom stereocenters. The topological polar surface area (TPSA) is 28.7 Å². The summed E-state index contributed by atoms with van der Waals surface area (Å²) in [4.78, 5) is 7.71. The summed E-state index contributed by atoms with van der Waals surface area (Å²) in [5, 5.41) is 0. The zero-order chi connectivity index (χ0) is 13.3. The molecule has 2 aromatic rings. The second-order valence-electron chi connectivity index (χ2n) is 5.23. The van der Waals surface area contributed by atoms with E-state index in [-0.39, 0.29) is 11.7 Å². The van der Waals surface area contributed by atoms with Crippen molar-refractivity contribution >= 4 is 0 Å². The number of nitrogens with zero attached hydrogens (tertiary/aromatic N) is 1. The van der Waals surface area contributed by atoms with E-state index in [0.29, 0.717) is 5.92 Å². The molecule has 0 radical (unpaired) electrons. The lowest BCUT2D eigenvalue weighted by Gasteiger charge is -2.11. The number of hydrogen-bond acceptors (Lipinski definition) is 1. The smallest absolute Gasteiger partial charge is 0.137 e. The SMILES string of the molecule is CC(C)c1cnc(-c2ccc(F)cc2C(C)C)[nH]1. The van der Waals surface area contributed by atoms with Crippen LogP contribution in [-0.2, 0) is 0 Å². The van der Waals surface area contributed by atoms with Crippen LogP contribution in [0.5, 0.6) is 0 Å². The van der Waals surface area contributed by atoms with E-state index in [1.165, 1.54) is 6.07 Å². The van der Waals surface area contributed by atoms with E-state index in [4.69, 9.17) is 0 Å². The molecule has 1 aromatic heterocycles. The Morgan fingerprint density at radius 2 is 1.83 bits per heavy atom. The first-order chi connectivity index (χ1) is 8.49. The van der Waals surface area contributed by atoms with Gasteiger partial charge >= 0.3 is 0 Å². The molecule has 2 nitrogen and oxygen atoms in total. The minimum Gasteiger partial charge on any atom is -0.342 e. The van der Waals surface area contributed by atoms with Crippen molar-refractivity contribution in [2.75, 3.05) is 0 Å². The summed E-state index contributed by atoms with van der Waals surface area (Å²) in [5.74, 6) is 1.30. The quantitative estimate of drug-likeness (QED) is 0.850. The van der Waals surface area contributed by atoms with Crippen molar-refractivity contribution in [1.29, 1.82) is 0 Å². The summed E-state index contributed by atoms with van der Waals surface area (Å²) in [6.07, 6.45) is 1.85. The van der Waals surface area contributed by atoms with Crippen molar-refractivity contribution in [3.8, 4) is 11.4 Å². The summed E-state index contributed by atoms with van der Waals surface area (Å²) in [6, 6.07) is 4.88. The van der Waals surface area contributed by atoms with Crippen molar-refractivity contribution in [3.05, 3.63) is 41.5 Å². The van der Waals surface area contributed by atoms with Gasteiger partial charge in [0.1, 0.15) is 11.6 Å². The maximum atomic E-state index is 13.3. The molecule has 0 saturated carbocycles. The van der Waals surface area contributed by atoms with Crippen LogP contribution in [0.4, 0.5) is 4.39 Å². The molecule has 1 N–H and O–H groups in total. The standard InChI is InChI=1S/C15H19FN2/c1-9(2)13-7-11(16)5-6-12(13)15-17-8-14(18-15)10(3)4/h5-10H,1-4H3,(H,17,18). The molecule has 0 atom stereocenters. The van der Waals surface area contributed by atoms with Crippen LogP contribution in [0.15, 0.2) is 24.4 Å². The fourth-order valence-electron chi connectivity index (χ4n) is 1.99. The summed E-state index contributed by atoms with van der Waals surface area (Å²) in [5.41, 5.74) is 3.07. The number of benzene rings is 1. The molecule has 96 valence electrons. The Kier molecular flexibility index (Phi) is 3.50. The van der Waals surface area contributed by atoms with E-state index < -0.39 is 0 Å². The molecule has 0 amide bonds. The van der Waals surface area contributed by atoms with Crippen LogP contribution in [-0.4, -0.2) is 9.97 Å². The molecule has 0 saturated heterocycles. The number of aromatic nitrogens is 2. The van der Waals surface area contributed by atoms with Gasteiger partial charge in [-0.15, -0.1) is 0 Å². The van der Waals surface area contributed by atoms with Gasteiger partial charge in [0.25, 0.3) is 0 Å². The maximum absolute atomic E-state index is 13.3. The predicted octanol–water partition coefficient (Wildman–Crippen LogP) is 4.46. The molecule has 2 rings (SSSR count). The summed E-state index contributed by atoms with van der Waals surface area (Å²) < 4.78 is 13.3. The fraction of sp³-hybridized carbons (Fsp3) is 0.400. The van der Waals surface area contributed by atoms with Gasteiger partial charge in [-0.1, -0.05) is 27.7 Å². The van der Waals surface area contributed by atoms with Gasteiger partial charge < -0.3 is 4.98 Å². The van der Waals surface area contributed by atoms with Gasteiger partial charge in [-0.05, 0) is 35.6 Å². The van der Waals surface area contributed by atoms with Crippen LogP contribution < -0.4 is 0 Å². The number of H-pyrrole nitrogens is 1. The molecular weight excluding hydrogens is 227 g/mol. The third kappa shape index (κ3) is 2.45. The number of nitrogens with one attached hydrogen (secondary N) is 1. The third-order valence-corrected chi connectivity index (χ3v) is 3.11. The summed E-state index contributed by atoms with van der Waals surface area (Å²) in [7, 11) is 0. The van der Waals surface area contributed by atoms with Gasteiger partial charge in [-0.2, -0.15) is 0 Å². The lowest BCUT2D eigenvalue weighted by molar-refractivity contribution is 0.623. The van der Waals surface area contributed by atoms with Crippen molar-refractivity contribution in [3.63, 3.8) is 0 Å². The number of halogens is 1. The zero-order valence-corrected chi connectivity index (χ0v) is 11.3. The lowest BCUT2D eigenvalue weighted by Crippen LogP contribution is -1.95. The first-order valence-electron chi connectivity index (χ1n) is 6.33. The summed E-state index contributed by atoms with van der Waals surface area (Å²) in [6.45, 7) is 8.35. The van der Waals surface area contributed by atoms with E-state index in [0.717, 1.165) is 22.6 Å². The Morgan fingerprint density at radius 3 is 2.39 bits per heavy atom. The van der Waals surface area contributed by atoms with Gasteiger partial charge in [-0.25, -0.2) is 9.37 Å². The molecule has 0 aliphatic carbocycles. The molecule has 0 aliphatic heterocycles. The van der Waals surface area contributed by atoms with Crippen LogP contribution >= 0.6 is 0 Å². The summed E-state index contributed by atoms with van der Waals surface area (Å²) >= 11 is 0. The average Bonchev–Trinajstić information content (AvgIpc) is 2.78. The van der Waals surface area contributed by atoms with Crippen LogP contribution in [0.1, 0.15) is 50.8 Å². The van der Waals surface area contributed by atoms with Gasteiger partial charge in [0.15, 0.2) is 0 Å². The van der Waals surface area contributed by atoms with Crippen LogP contribution in [0, 0.1) is 5.82 Å². The van der Waals surface area contributed by atoms with E-state index in [9.17, 15) is 4.39 Å². The van der Waals surface area contributed by atoms with Crippen molar-refractivity contribution in [2.24, 2.45) is 0 Å². The van der Waals surface area contributed by atoms with E-state index in [1.807, 2.05) is 6.20 Å². The largest absolute Gasteiger partial charge is 0.342 e. The van der Waals surface area contributed by atoms with Crippen molar-refractivity contribution in [1.82, 2.24) is 9.97 Å². The van der Waals surface area contributed by atoms with Gasteiger partial charge in [0.2, 0.25) is 0 Å². The highest BCUT2D eigenvalue weighted by atomic mass is 19.1. The number of imidazole rings is 1. The molecule has 0 fully saturated rings. The van der Waals surface area contributed by atoms with Crippen LogP contribution in [0.25, 0.3) is 11.4 Å². The molecule has 0 spiro atoms. The Balaban J connectivity index is 2.49. The zero-order valence-electron chi connectivity index (χ0n) is 11.3. The molecule has 1 aromatic carbocycles. The molecule has 0 aliphatic rings. The fourth-order valence-corrected chi connectivity index (χ4v) is 1.99. The number of aromatic amines is 1. The van der Waals surface area contributed by atoms with Crippen molar-refractivity contribution < 1.29 is 4.39 Å². The van der Waals surface area contributed by atoms with Gasteiger partial charge in [0, 0.05) is 17.5 Å². The molecular formula is C15H19FN2. The Labute approximate surface area is 107 Å². The average molecular weight is 246 g/mol. The third-order valence-electron chi connectivity index (χ3n) is 3.11. The second kappa shape index (κ2) is 4.92. The highest BCUT2D eigenvalue weighted by Gasteiger charge is 2.13. The minimum atomic E-state index is -0.196. The Bertz CT molecular complexity index is 541. The maximum Gasteiger partial charge on any atom is 0.137 e. The van der Waals surface area contributed by atoms with Crippen molar-refractivity contribution in [2.45, 2.75) is 39.5 Å². The molecule has 1 heterocycles. The minimum absolute atomic E-state index is 0.196. The lowest BCUT2D eigenvalue weighted by atomic mass is 9.96. The monoisotopic (exact) mass is 246 g/mol. The first kappa shape index (κ1) is 12.8.